The lowest BCUT2D eigenvalue weighted by atomic mass is 9.90. The molecule has 24 heavy (non-hydrogen) atoms. The maximum atomic E-state index is 12.0. The van der Waals surface area contributed by atoms with Crippen molar-refractivity contribution in [2.75, 3.05) is 6.61 Å². The van der Waals surface area contributed by atoms with E-state index in [0.29, 0.717) is 12.5 Å². The Morgan fingerprint density at radius 1 is 1.12 bits per heavy atom. The lowest BCUT2D eigenvalue weighted by molar-refractivity contribution is -0.150. The molecule has 0 fully saturated rings. The van der Waals surface area contributed by atoms with Gasteiger partial charge in [-0.05, 0) is 28.8 Å². The minimum Gasteiger partial charge on any atom is -0.493 e. The zero-order valence-electron chi connectivity index (χ0n) is 14.7. The van der Waals surface area contributed by atoms with Gasteiger partial charge in [0.25, 0.3) is 0 Å². The second-order valence-corrected chi connectivity index (χ2v) is 7.00. The summed E-state index contributed by atoms with van der Waals surface area (Å²) in [5.74, 6) is 1.03. The normalized spacial score (nSPS) is 16.0. The van der Waals surface area contributed by atoms with E-state index >= 15 is 0 Å². The molecule has 1 aliphatic rings. The zero-order valence-corrected chi connectivity index (χ0v) is 14.7. The number of ether oxygens (including phenoxy) is 2. The molecule has 0 saturated heterocycles. The van der Waals surface area contributed by atoms with Crippen molar-refractivity contribution in [3.05, 3.63) is 47.5 Å². The molecular weight excluding hydrogens is 300 g/mol. The van der Waals surface area contributed by atoms with Crippen LogP contribution in [0.4, 0.5) is 0 Å². The monoisotopic (exact) mass is 324 g/mol. The van der Waals surface area contributed by atoms with E-state index in [1.807, 2.05) is 44.2 Å². The van der Waals surface area contributed by atoms with Gasteiger partial charge in [-0.25, -0.2) is 0 Å². The van der Waals surface area contributed by atoms with Gasteiger partial charge in [0.05, 0.1) is 12.5 Å². The van der Waals surface area contributed by atoms with Crippen LogP contribution in [0, 0.1) is 11.8 Å². The van der Waals surface area contributed by atoms with Crippen molar-refractivity contribution >= 4 is 22.8 Å². The first-order chi connectivity index (χ1) is 11.5. The smallest absolute Gasteiger partial charge is 0.309 e. The molecule has 0 aliphatic heterocycles. The minimum atomic E-state index is -0.337. The molecule has 0 amide bonds. The van der Waals surface area contributed by atoms with E-state index in [4.69, 9.17) is 9.47 Å². The van der Waals surface area contributed by atoms with Crippen molar-refractivity contribution in [2.24, 2.45) is 11.8 Å². The molecule has 0 saturated carbocycles. The van der Waals surface area contributed by atoms with Gasteiger partial charge in [0, 0.05) is 11.1 Å². The standard InChI is InChI=1S/C21H24O3/c1-13(2)12-23-18-10-8-15-6-5-7-16-19(24-21(22)14(3)4)11-9-17(18)20(15)16/h5-11,13-14,19H,12H2,1-4H3. The van der Waals surface area contributed by atoms with E-state index < -0.39 is 0 Å². The molecule has 3 heteroatoms. The van der Waals surface area contributed by atoms with E-state index in [1.165, 1.54) is 0 Å². The van der Waals surface area contributed by atoms with Crippen LogP contribution < -0.4 is 4.74 Å². The van der Waals surface area contributed by atoms with Gasteiger partial charge < -0.3 is 9.47 Å². The van der Waals surface area contributed by atoms with E-state index in [1.54, 1.807) is 0 Å². The van der Waals surface area contributed by atoms with Crippen LogP contribution in [0.15, 0.2) is 36.4 Å². The van der Waals surface area contributed by atoms with Gasteiger partial charge >= 0.3 is 5.97 Å². The molecular formula is C21H24O3. The predicted octanol–water partition coefficient (Wildman–Crippen LogP) is 5.14. The zero-order chi connectivity index (χ0) is 17.3. The third-order valence-electron chi connectivity index (χ3n) is 4.11. The highest BCUT2D eigenvalue weighted by Gasteiger charge is 2.24. The Labute approximate surface area is 143 Å². The fourth-order valence-corrected chi connectivity index (χ4v) is 2.85. The molecule has 3 nitrogen and oxygen atoms in total. The molecule has 0 bridgehead atoms. The van der Waals surface area contributed by atoms with E-state index in [9.17, 15) is 4.79 Å². The maximum absolute atomic E-state index is 12.0. The van der Waals surface area contributed by atoms with Crippen molar-refractivity contribution in [3.63, 3.8) is 0 Å². The summed E-state index contributed by atoms with van der Waals surface area (Å²) in [6.07, 6.45) is 3.62. The molecule has 1 atom stereocenters. The molecule has 0 heterocycles. The molecule has 3 rings (SSSR count). The molecule has 2 aromatic rings. The third-order valence-corrected chi connectivity index (χ3v) is 4.11. The van der Waals surface area contributed by atoms with Gasteiger partial charge in [-0.15, -0.1) is 0 Å². The Kier molecular flexibility index (Phi) is 4.61. The molecule has 1 unspecified atom stereocenters. The molecule has 0 aromatic heterocycles. The highest BCUT2D eigenvalue weighted by molar-refractivity contribution is 5.98. The number of hydrogen-bond acceptors (Lipinski definition) is 3. The Hall–Kier alpha value is -2.29. The van der Waals surface area contributed by atoms with Crippen molar-refractivity contribution in [3.8, 4) is 5.75 Å². The first-order valence-corrected chi connectivity index (χ1v) is 8.54. The van der Waals surface area contributed by atoms with E-state index in [2.05, 4.69) is 26.0 Å². The molecule has 1 aliphatic carbocycles. The van der Waals surface area contributed by atoms with Crippen molar-refractivity contribution in [2.45, 2.75) is 33.8 Å². The highest BCUT2D eigenvalue weighted by Crippen LogP contribution is 2.40. The third kappa shape index (κ3) is 3.16. The first kappa shape index (κ1) is 16.6. The maximum Gasteiger partial charge on any atom is 0.309 e. The molecule has 2 aromatic carbocycles. The summed E-state index contributed by atoms with van der Waals surface area (Å²) < 4.78 is 11.7. The van der Waals surface area contributed by atoms with Gasteiger partial charge in [0.15, 0.2) is 0 Å². The highest BCUT2D eigenvalue weighted by atomic mass is 16.5. The van der Waals surface area contributed by atoms with Gasteiger partial charge in [-0.3, -0.25) is 4.79 Å². The van der Waals surface area contributed by atoms with Crippen molar-refractivity contribution in [1.82, 2.24) is 0 Å². The Bertz CT molecular complexity index is 787. The number of esters is 1. The van der Waals surface area contributed by atoms with Crippen LogP contribution >= 0.6 is 0 Å². The average molecular weight is 324 g/mol. The van der Waals surface area contributed by atoms with E-state index in [0.717, 1.165) is 27.6 Å². The topological polar surface area (TPSA) is 35.5 Å². The SMILES string of the molecule is CC(C)COc1ccc2cccc3c2c1C=CC3OC(=O)C(C)C. The van der Waals surface area contributed by atoms with E-state index in [-0.39, 0.29) is 18.0 Å². The summed E-state index contributed by atoms with van der Waals surface area (Å²) in [6, 6.07) is 10.2. The van der Waals surface area contributed by atoms with Crippen LogP contribution in [0.5, 0.6) is 5.75 Å². The van der Waals surface area contributed by atoms with Crippen LogP contribution in [0.1, 0.15) is 44.9 Å². The fourth-order valence-electron chi connectivity index (χ4n) is 2.85. The van der Waals surface area contributed by atoms with Crippen LogP contribution in [0.2, 0.25) is 0 Å². The van der Waals surface area contributed by atoms with Crippen LogP contribution in [0.25, 0.3) is 16.8 Å². The van der Waals surface area contributed by atoms with Crippen LogP contribution in [0.3, 0.4) is 0 Å². The second-order valence-electron chi connectivity index (χ2n) is 7.00. The predicted molar refractivity (Wildman–Crippen MR) is 97.0 cm³/mol. The fraction of sp³-hybridized carbons (Fsp3) is 0.381. The molecule has 0 spiro atoms. The largest absolute Gasteiger partial charge is 0.493 e. The number of rotatable bonds is 5. The van der Waals surface area contributed by atoms with Crippen molar-refractivity contribution < 1.29 is 14.3 Å². The summed E-state index contributed by atoms with van der Waals surface area (Å²) in [5.41, 5.74) is 2.09. The van der Waals surface area contributed by atoms with Gasteiger partial charge in [0.1, 0.15) is 11.9 Å². The summed E-state index contributed by atoms with van der Waals surface area (Å²) >= 11 is 0. The Balaban J connectivity index is 2.02. The Morgan fingerprint density at radius 2 is 1.92 bits per heavy atom. The second kappa shape index (κ2) is 6.68. The Morgan fingerprint density at radius 3 is 2.62 bits per heavy atom. The molecule has 126 valence electrons. The number of carbonyl (C=O) groups excluding carboxylic acids is 1. The lowest BCUT2D eigenvalue weighted by Crippen LogP contribution is -2.16. The first-order valence-electron chi connectivity index (χ1n) is 8.54. The summed E-state index contributed by atoms with van der Waals surface area (Å²) in [4.78, 5) is 12.0. The van der Waals surface area contributed by atoms with Gasteiger partial charge in [-0.1, -0.05) is 58.0 Å². The van der Waals surface area contributed by atoms with Gasteiger partial charge in [0.2, 0.25) is 0 Å². The quantitative estimate of drug-likeness (QED) is 0.714. The summed E-state index contributed by atoms with van der Waals surface area (Å²) in [7, 11) is 0. The van der Waals surface area contributed by atoms with Crippen LogP contribution in [-0.2, 0) is 9.53 Å². The average Bonchev–Trinajstić information content (AvgIpc) is 2.56. The number of benzene rings is 2. The number of carbonyl (C=O) groups is 1. The lowest BCUT2D eigenvalue weighted by Gasteiger charge is -2.24. The van der Waals surface area contributed by atoms with Gasteiger partial charge in [-0.2, -0.15) is 0 Å². The van der Waals surface area contributed by atoms with Crippen molar-refractivity contribution in [1.29, 1.82) is 0 Å². The van der Waals surface area contributed by atoms with Crippen LogP contribution in [-0.4, -0.2) is 12.6 Å². The molecule has 0 N–H and O–H groups in total. The summed E-state index contributed by atoms with van der Waals surface area (Å²) in [5, 5.41) is 2.25. The minimum absolute atomic E-state index is 0.139. The molecule has 0 radical (unpaired) electrons. The number of hydrogen-bond donors (Lipinski definition) is 0. The summed E-state index contributed by atoms with van der Waals surface area (Å²) in [6.45, 7) is 8.65.